The van der Waals surface area contributed by atoms with Crippen LogP contribution in [-0.4, -0.2) is 24.0 Å². The van der Waals surface area contributed by atoms with E-state index in [1.807, 2.05) is 11.6 Å². The van der Waals surface area contributed by atoms with Crippen LogP contribution in [0.5, 0.6) is 0 Å². The normalized spacial score (nSPS) is 15.7. The molecule has 2 N–H and O–H groups in total. The van der Waals surface area contributed by atoms with Crippen molar-refractivity contribution in [2.45, 2.75) is 25.4 Å². The van der Waals surface area contributed by atoms with Crippen molar-refractivity contribution in [3.05, 3.63) is 16.6 Å². The Morgan fingerprint density at radius 3 is 3.00 bits per heavy atom. The van der Waals surface area contributed by atoms with Gasteiger partial charge in [0, 0.05) is 24.7 Å². The van der Waals surface area contributed by atoms with Gasteiger partial charge in [-0.2, -0.15) is 0 Å². The van der Waals surface area contributed by atoms with Gasteiger partial charge in [-0.3, -0.25) is 4.99 Å². The maximum Gasteiger partial charge on any atom is 0.191 e. The van der Waals surface area contributed by atoms with Crippen molar-refractivity contribution in [3.8, 4) is 0 Å². The van der Waals surface area contributed by atoms with Crippen molar-refractivity contribution in [3.63, 3.8) is 0 Å². The number of aromatic nitrogens is 1. The Balaban J connectivity index is 0.00000112. The summed E-state index contributed by atoms with van der Waals surface area (Å²) in [6.45, 7) is 0.754. The van der Waals surface area contributed by atoms with Crippen LogP contribution in [0, 0.1) is 0 Å². The zero-order valence-corrected chi connectivity index (χ0v) is 11.7. The second-order valence-corrected chi connectivity index (χ2v) is 4.25. The lowest BCUT2D eigenvalue weighted by molar-refractivity contribution is 0.801. The molecule has 1 fully saturated rings. The molecule has 0 radical (unpaired) electrons. The van der Waals surface area contributed by atoms with Crippen molar-refractivity contribution < 1.29 is 0 Å². The van der Waals surface area contributed by atoms with Crippen molar-refractivity contribution in [2.75, 3.05) is 7.05 Å². The Morgan fingerprint density at radius 2 is 2.47 bits per heavy atom. The van der Waals surface area contributed by atoms with E-state index >= 15 is 0 Å². The SMILES string of the molecule is CN=C(NCc1nccs1)NC1CC1.I. The number of rotatable bonds is 3. The van der Waals surface area contributed by atoms with Gasteiger partial charge < -0.3 is 10.6 Å². The Morgan fingerprint density at radius 1 is 1.67 bits per heavy atom. The highest BCUT2D eigenvalue weighted by Gasteiger charge is 2.21. The largest absolute Gasteiger partial charge is 0.354 e. The lowest BCUT2D eigenvalue weighted by Gasteiger charge is -2.09. The molecule has 2 rings (SSSR count). The fourth-order valence-corrected chi connectivity index (χ4v) is 1.67. The number of halogens is 1. The smallest absolute Gasteiger partial charge is 0.191 e. The molecule has 1 aromatic rings. The highest BCUT2D eigenvalue weighted by atomic mass is 127. The van der Waals surface area contributed by atoms with E-state index in [9.17, 15) is 0 Å². The Bertz CT molecular complexity index is 308. The van der Waals surface area contributed by atoms with Gasteiger partial charge in [0.15, 0.2) is 5.96 Å². The van der Waals surface area contributed by atoms with Crippen LogP contribution in [-0.2, 0) is 6.54 Å². The van der Waals surface area contributed by atoms with E-state index in [1.54, 1.807) is 18.4 Å². The predicted octanol–water partition coefficient (Wildman–Crippen LogP) is 1.59. The van der Waals surface area contributed by atoms with Crippen LogP contribution in [0.4, 0.5) is 0 Å². The molecule has 1 aliphatic carbocycles. The number of hydrogen-bond donors (Lipinski definition) is 2. The fraction of sp³-hybridized carbons (Fsp3) is 0.556. The van der Waals surface area contributed by atoms with Crippen molar-refractivity contribution in [2.24, 2.45) is 4.99 Å². The summed E-state index contributed by atoms with van der Waals surface area (Å²) in [5, 5.41) is 9.62. The molecule has 0 spiro atoms. The first-order valence-corrected chi connectivity index (χ1v) is 5.62. The summed E-state index contributed by atoms with van der Waals surface area (Å²) in [6, 6.07) is 0.637. The summed E-state index contributed by atoms with van der Waals surface area (Å²) in [4.78, 5) is 8.33. The van der Waals surface area contributed by atoms with Crippen LogP contribution in [0.3, 0.4) is 0 Å². The summed E-state index contributed by atoms with van der Waals surface area (Å²) in [5.74, 6) is 0.877. The lowest BCUT2D eigenvalue weighted by Crippen LogP contribution is -2.37. The first-order valence-electron chi connectivity index (χ1n) is 4.74. The van der Waals surface area contributed by atoms with Crippen LogP contribution >= 0.6 is 35.3 Å². The predicted molar refractivity (Wildman–Crippen MR) is 73.9 cm³/mol. The minimum atomic E-state index is 0. The molecule has 1 aliphatic rings. The Hall–Kier alpha value is -0.370. The molecule has 4 nitrogen and oxygen atoms in total. The topological polar surface area (TPSA) is 49.3 Å². The van der Waals surface area contributed by atoms with E-state index in [0.717, 1.165) is 17.5 Å². The molecule has 15 heavy (non-hydrogen) atoms. The van der Waals surface area contributed by atoms with Gasteiger partial charge in [-0.05, 0) is 12.8 Å². The average molecular weight is 338 g/mol. The molecule has 0 unspecified atom stereocenters. The molecule has 0 atom stereocenters. The maximum absolute atomic E-state index is 4.19. The van der Waals surface area contributed by atoms with Crippen LogP contribution in [0.25, 0.3) is 0 Å². The molecule has 0 amide bonds. The summed E-state index contributed by atoms with van der Waals surface area (Å²) in [5.41, 5.74) is 0. The Labute approximate surface area is 111 Å². The Kier molecular flexibility index (Phi) is 5.30. The molecule has 1 heterocycles. The summed E-state index contributed by atoms with van der Waals surface area (Å²) in [6.07, 6.45) is 4.34. The third-order valence-electron chi connectivity index (χ3n) is 2.03. The number of nitrogens with one attached hydrogen (secondary N) is 2. The van der Waals surface area contributed by atoms with E-state index in [0.29, 0.717) is 6.04 Å². The molecule has 6 heteroatoms. The molecular formula is C9H15IN4S. The summed E-state index contributed by atoms with van der Waals surface area (Å²) in [7, 11) is 1.79. The third kappa shape index (κ3) is 4.33. The van der Waals surface area contributed by atoms with Crippen LogP contribution in [0.1, 0.15) is 17.8 Å². The maximum atomic E-state index is 4.19. The molecule has 0 saturated heterocycles. The minimum absolute atomic E-state index is 0. The standard InChI is InChI=1S/C9H14N4S.HI/c1-10-9(13-7-2-3-7)12-6-8-11-4-5-14-8;/h4-5,7H,2-3,6H2,1H3,(H2,10,12,13);1H. The number of hydrogen-bond acceptors (Lipinski definition) is 3. The van der Waals surface area contributed by atoms with Crippen molar-refractivity contribution in [1.82, 2.24) is 15.6 Å². The summed E-state index contributed by atoms with van der Waals surface area (Å²) >= 11 is 1.65. The van der Waals surface area contributed by atoms with Gasteiger partial charge in [0.25, 0.3) is 0 Å². The lowest BCUT2D eigenvalue weighted by atomic mass is 10.6. The first-order chi connectivity index (χ1) is 6.88. The number of guanidine groups is 1. The highest BCUT2D eigenvalue weighted by molar-refractivity contribution is 14.0. The van der Waals surface area contributed by atoms with Crippen molar-refractivity contribution >= 4 is 41.3 Å². The number of thiazole rings is 1. The van der Waals surface area contributed by atoms with Crippen molar-refractivity contribution in [1.29, 1.82) is 0 Å². The molecule has 0 aromatic carbocycles. The number of aliphatic imine (C=N–C) groups is 1. The highest BCUT2D eigenvalue weighted by Crippen LogP contribution is 2.18. The zero-order chi connectivity index (χ0) is 9.80. The van der Waals surface area contributed by atoms with Crippen LogP contribution in [0.15, 0.2) is 16.6 Å². The van der Waals surface area contributed by atoms with Gasteiger partial charge in [0.05, 0.1) is 6.54 Å². The van der Waals surface area contributed by atoms with Gasteiger partial charge in [0.2, 0.25) is 0 Å². The molecule has 1 saturated carbocycles. The molecule has 0 aliphatic heterocycles. The molecule has 84 valence electrons. The third-order valence-corrected chi connectivity index (χ3v) is 2.81. The van der Waals surface area contributed by atoms with Gasteiger partial charge in [-0.1, -0.05) is 0 Å². The second kappa shape index (κ2) is 6.26. The van der Waals surface area contributed by atoms with Gasteiger partial charge in [0.1, 0.15) is 5.01 Å². The molecule has 1 aromatic heterocycles. The van der Waals surface area contributed by atoms with Gasteiger partial charge in [-0.15, -0.1) is 35.3 Å². The molecule has 0 bridgehead atoms. The summed E-state index contributed by atoms with van der Waals surface area (Å²) < 4.78 is 0. The van der Waals surface area contributed by atoms with E-state index in [4.69, 9.17) is 0 Å². The van der Waals surface area contributed by atoms with Crippen LogP contribution < -0.4 is 10.6 Å². The van der Waals surface area contributed by atoms with Crippen LogP contribution in [0.2, 0.25) is 0 Å². The van der Waals surface area contributed by atoms with Gasteiger partial charge >= 0.3 is 0 Å². The number of nitrogens with zero attached hydrogens (tertiary/aromatic N) is 2. The fourth-order valence-electron chi connectivity index (χ4n) is 1.12. The van der Waals surface area contributed by atoms with Gasteiger partial charge in [-0.25, -0.2) is 4.98 Å². The second-order valence-electron chi connectivity index (χ2n) is 3.27. The van der Waals surface area contributed by atoms with E-state index in [-0.39, 0.29) is 24.0 Å². The first kappa shape index (κ1) is 12.7. The quantitative estimate of drug-likeness (QED) is 0.500. The van der Waals surface area contributed by atoms with E-state index in [1.165, 1.54) is 12.8 Å². The molecular weight excluding hydrogens is 323 g/mol. The monoisotopic (exact) mass is 338 g/mol. The van der Waals surface area contributed by atoms with E-state index < -0.39 is 0 Å². The minimum Gasteiger partial charge on any atom is -0.354 e. The van der Waals surface area contributed by atoms with E-state index in [2.05, 4.69) is 20.6 Å². The average Bonchev–Trinajstić information content (AvgIpc) is 2.86. The zero-order valence-electron chi connectivity index (χ0n) is 8.56.